The van der Waals surface area contributed by atoms with Gasteiger partial charge in [0.25, 0.3) is 0 Å². The minimum absolute atomic E-state index is 0.587. The van der Waals surface area contributed by atoms with Crippen LogP contribution in [0.15, 0.2) is 24.5 Å². The quantitative estimate of drug-likeness (QED) is 0.849. The number of rotatable bonds is 5. The summed E-state index contributed by atoms with van der Waals surface area (Å²) in [4.78, 5) is 3.98. The summed E-state index contributed by atoms with van der Waals surface area (Å²) < 4.78 is 13.6. The first-order valence-electron chi connectivity index (χ1n) is 5.54. The fraction of sp³-hybridized carbons (Fsp3) is 0.364. The van der Waals surface area contributed by atoms with Crippen molar-refractivity contribution in [3.63, 3.8) is 0 Å². The van der Waals surface area contributed by atoms with Gasteiger partial charge in [-0.1, -0.05) is 0 Å². The molecule has 0 aliphatic heterocycles. The van der Waals surface area contributed by atoms with Gasteiger partial charge in [0.05, 0.1) is 0 Å². The predicted molar refractivity (Wildman–Crippen MR) is 74.2 cm³/mol. The van der Waals surface area contributed by atoms with Crippen LogP contribution in [0.3, 0.4) is 0 Å². The highest BCUT2D eigenvalue weighted by Crippen LogP contribution is 2.16. The van der Waals surface area contributed by atoms with E-state index in [0.29, 0.717) is 17.1 Å². The highest BCUT2D eigenvalue weighted by molar-refractivity contribution is 7.84. The molecule has 2 aromatic heterocycles. The van der Waals surface area contributed by atoms with Gasteiger partial charge in [0.1, 0.15) is 0 Å². The maximum absolute atomic E-state index is 11.1. The first kappa shape index (κ1) is 13.1. The summed E-state index contributed by atoms with van der Waals surface area (Å²) in [5, 5.41) is 7.02. The fourth-order valence-corrected chi connectivity index (χ4v) is 2.43. The molecule has 2 aromatic rings. The van der Waals surface area contributed by atoms with E-state index in [1.54, 1.807) is 18.6 Å². The third kappa shape index (κ3) is 3.11. The lowest BCUT2D eigenvalue weighted by molar-refractivity contribution is 0.658. The van der Waals surface area contributed by atoms with Gasteiger partial charge in [0.15, 0.2) is 10.6 Å². The Morgan fingerprint density at radius 3 is 2.83 bits per heavy atom. The van der Waals surface area contributed by atoms with Crippen molar-refractivity contribution in [2.45, 2.75) is 13.0 Å². The molecule has 0 amide bonds. The van der Waals surface area contributed by atoms with Crippen molar-refractivity contribution in [2.75, 3.05) is 12.0 Å². The van der Waals surface area contributed by atoms with Crippen LogP contribution in [0.1, 0.15) is 6.42 Å². The van der Waals surface area contributed by atoms with Crippen LogP contribution in [0.4, 0.5) is 0 Å². The number of aromatic nitrogens is 4. The molecular formula is C11H14N4OS2. The molecule has 0 aromatic carbocycles. The van der Waals surface area contributed by atoms with E-state index in [-0.39, 0.29) is 0 Å². The molecule has 2 heterocycles. The Labute approximate surface area is 113 Å². The SMILES string of the molecule is CS(=O)CCCn1c(-c2ccncc2)n[nH]c1=S. The number of hydrogen-bond acceptors (Lipinski definition) is 4. The summed E-state index contributed by atoms with van der Waals surface area (Å²) in [6, 6.07) is 3.78. The van der Waals surface area contributed by atoms with E-state index in [9.17, 15) is 4.21 Å². The molecule has 0 saturated heterocycles. The van der Waals surface area contributed by atoms with Crippen LogP contribution in [-0.2, 0) is 17.3 Å². The van der Waals surface area contributed by atoms with Gasteiger partial charge in [-0.2, -0.15) is 5.10 Å². The number of aromatic amines is 1. The molecule has 5 nitrogen and oxygen atoms in total. The molecule has 18 heavy (non-hydrogen) atoms. The zero-order valence-electron chi connectivity index (χ0n) is 10.00. The van der Waals surface area contributed by atoms with Gasteiger partial charge in [-0.25, -0.2) is 0 Å². The zero-order valence-corrected chi connectivity index (χ0v) is 11.6. The Balaban J connectivity index is 2.22. The van der Waals surface area contributed by atoms with Crippen LogP contribution < -0.4 is 0 Å². The van der Waals surface area contributed by atoms with E-state index in [0.717, 1.165) is 17.8 Å². The zero-order chi connectivity index (χ0) is 13.0. The van der Waals surface area contributed by atoms with Crippen LogP contribution in [0.2, 0.25) is 0 Å². The summed E-state index contributed by atoms with van der Waals surface area (Å²) in [7, 11) is -0.773. The molecule has 0 spiro atoms. The van der Waals surface area contributed by atoms with Crippen molar-refractivity contribution in [1.29, 1.82) is 0 Å². The third-order valence-corrected chi connectivity index (χ3v) is 3.69. The first-order valence-corrected chi connectivity index (χ1v) is 7.67. The second kappa shape index (κ2) is 6.01. The first-order chi connectivity index (χ1) is 8.68. The number of nitrogens with zero attached hydrogens (tertiary/aromatic N) is 3. The largest absolute Gasteiger partial charge is 0.300 e. The summed E-state index contributed by atoms with van der Waals surface area (Å²) >= 11 is 5.21. The smallest absolute Gasteiger partial charge is 0.195 e. The Morgan fingerprint density at radius 1 is 1.44 bits per heavy atom. The van der Waals surface area contributed by atoms with Gasteiger partial charge in [-0.05, 0) is 30.8 Å². The lowest BCUT2D eigenvalue weighted by Crippen LogP contribution is -2.05. The average molecular weight is 282 g/mol. The predicted octanol–water partition coefficient (Wildman–Crippen LogP) is 1.77. The molecule has 2 rings (SSSR count). The van der Waals surface area contributed by atoms with Crippen molar-refractivity contribution < 1.29 is 4.21 Å². The van der Waals surface area contributed by atoms with Gasteiger partial charge in [-0.15, -0.1) is 0 Å². The van der Waals surface area contributed by atoms with Gasteiger partial charge in [-0.3, -0.25) is 14.3 Å². The van der Waals surface area contributed by atoms with Crippen LogP contribution in [-0.4, -0.2) is 36.0 Å². The van der Waals surface area contributed by atoms with Crippen molar-refractivity contribution >= 4 is 23.0 Å². The summed E-state index contributed by atoms with van der Waals surface area (Å²) in [5.41, 5.74) is 0.968. The minimum Gasteiger partial charge on any atom is -0.300 e. The Morgan fingerprint density at radius 2 is 2.17 bits per heavy atom. The monoisotopic (exact) mass is 282 g/mol. The molecule has 0 fully saturated rings. The van der Waals surface area contributed by atoms with Gasteiger partial charge < -0.3 is 4.57 Å². The Kier molecular flexibility index (Phi) is 4.38. The molecule has 1 N–H and O–H groups in total. The number of hydrogen-bond donors (Lipinski definition) is 1. The number of H-pyrrole nitrogens is 1. The van der Waals surface area contributed by atoms with E-state index in [1.807, 2.05) is 16.7 Å². The Bertz CT molecular complexity index is 591. The highest BCUT2D eigenvalue weighted by Gasteiger charge is 2.08. The molecule has 0 aliphatic carbocycles. The van der Waals surface area contributed by atoms with E-state index in [4.69, 9.17) is 12.2 Å². The fourth-order valence-electron chi connectivity index (χ4n) is 1.67. The molecule has 1 unspecified atom stereocenters. The average Bonchev–Trinajstić information content (AvgIpc) is 2.72. The standard InChI is InChI=1S/C11H14N4OS2/c1-18(16)8-2-7-15-10(13-14-11(15)17)9-3-5-12-6-4-9/h3-6H,2,7-8H2,1H3,(H,14,17). The van der Waals surface area contributed by atoms with E-state index >= 15 is 0 Å². The summed E-state index contributed by atoms with van der Waals surface area (Å²) in [5.74, 6) is 1.47. The molecule has 0 aliphatic rings. The lowest BCUT2D eigenvalue weighted by Gasteiger charge is -2.05. The van der Waals surface area contributed by atoms with Crippen LogP contribution in [0.25, 0.3) is 11.4 Å². The molecule has 1 atom stereocenters. The normalized spacial score (nSPS) is 12.5. The topological polar surface area (TPSA) is 63.6 Å². The lowest BCUT2D eigenvalue weighted by atomic mass is 10.2. The maximum Gasteiger partial charge on any atom is 0.195 e. The molecule has 0 radical (unpaired) electrons. The van der Waals surface area contributed by atoms with Gasteiger partial charge >= 0.3 is 0 Å². The van der Waals surface area contributed by atoms with E-state index in [2.05, 4.69) is 15.2 Å². The molecular weight excluding hydrogens is 268 g/mol. The number of nitrogens with one attached hydrogen (secondary N) is 1. The third-order valence-electron chi connectivity index (χ3n) is 2.51. The van der Waals surface area contributed by atoms with E-state index in [1.165, 1.54) is 0 Å². The maximum atomic E-state index is 11.1. The van der Waals surface area contributed by atoms with Crippen molar-refractivity contribution in [3.8, 4) is 11.4 Å². The minimum atomic E-state index is -0.773. The number of pyridine rings is 1. The van der Waals surface area contributed by atoms with Crippen molar-refractivity contribution in [2.24, 2.45) is 0 Å². The summed E-state index contributed by atoms with van der Waals surface area (Å²) in [6.07, 6.45) is 5.96. The van der Waals surface area contributed by atoms with Gasteiger partial charge in [0.2, 0.25) is 0 Å². The van der Waals surface area contributed by atoms with Crippen LogP contribution >= 0.6 is 12.2 Å². The van der Waals surface area contributed by atoms with Crippen molar-refractivity contribution in [3.05, 3.63) is 29.3 Å². The highest BCUT2D eigenvalue weighted by atomic mass is 32.2. The molecule has 7 heteroatoms. The molecule has 0 saturated carbocycles. The van der Waals surface area contributed by atoms with Crippen LogP contribution in [0, 0.1) is 4.77 Å². The van der Waals surface area contributed by atoms with Gasteiger partial charge in [0, 0.05) is 47.3 Å². The van der Waals surface area contributed by atoms with Crippen molar-refractivity contribution in [1.82, 2.24) is 19.7 Å². The van der Waals surface area contributed by atoms with E-state index < -0.39 is 10.8 Å². The second-order valence-electron chi connectivity index (χ2n) is 3.87. The van der Waals surface area contributed by atoms with Crippen LogP contribution in [0.5, 0.6) is 0 Å². The second-order valence-corrected chi connectivity index (χ2v) is 5.81. The summed E-state index contributed by atoms with van der Waals surface area (Å²) in [6.45, 7) is 0.715. The molecule has 96 valence electrons. The molecule has 0 bridgehead atoms. The Hall–Kier alpha value is -1.34.